The molecule has 1 aliphatic rings. The standard InChI is InChI=1S/C19H22N2O2S/c20-10-9-15-5-7-17(8-6-15)23-14-16(22)13-21-11-1-3-18(21)19-4-2-12-24-19/h2,4-8,12,16,18,22H,1,3,9,11,13-14H2/t16-,18+/m0/s1. The second-order valence-corrected chi connectivity index (χ2v) is 7.09. The van der Waals surface area contributed by atoms with Crippen LogP contribution < -0.4 is 4.74 Å². The highest BCUT2D eigenvalue weighted by Gasteiger charge is 2.28. The Bertz CT molecular complexity index is 664. The summed E-state index contributed by atoms with van der Waals surface area (Å²) in [4.78, 5) is 3.74. The molecule has 126 valence electrons. The number of ether oxygens (including phenoxy) is 1. The van der Waals surface area contributed by atoms with Gasteiger partial charge in [-0.25, -0.2) is 0 Å². The predicted molar refractivity (Wildman–Crippen MR) is 95.1 cm³/mol. The van der Waals surface area contributed by atoms with Crippen molar-refractivity contribution in [3.63, 3.8) is 0 Å². The highest BCUT2D eigenvalue weighted by atomic mass is 32.1. The Morgan fingerprint density at radius 3 is 2.88 bits per heavy atom. The number of benzene rings is 1. The summed E-state index contributed by atoms with van der Waals surface area (Å²) in [6.45, 7) is 1.95. The first-order valence-electron chi connectivity index (χ1n) is 8.30. The maximum atomic E-state index is 10.3. The third-order valence-electron chi connectivity index (χ3n) is 4.33. The van der Waals surface area contributed by atoms with E-state index in [0.717, 1.165) is 24.3 Å². The fourth-order valence-electron chi connectivity index (χ4n) is 3.16. The molecule has 0 aliphatic carbocycles. The van der Waals surface area contributed by atoms with Gasteiger partial charge in [-0.2, -0.15) is 5.26 Å². The molecule has 0 bridgehead atoms. The van der Waals surface area contributed by atoms with Gasteiger partial charge in [-0.3, -0.25) is 4.90 Å². The van der Waals surface area contributed by atoms with Gasteiger partial charge in [0.25, 0.3) is 0 Å². The molecule has 3 rings (SSSR count). The second-order valence-electron chi connectivity index (χ2n) is 6.11. The van der Waals surface area contributed by atoms with E-state index in [4.69, 9.17) is 10.00 Å². The Balaban J connectivity index is 1.48. The van der Waals surface area contributed by atoms with Crippen molar-refractivity contribution >= 4 is 11.3 Å². The van der Waals surface area contributed by atoms with Gasteiger partial charge in [-0.15, -0.1) is 11.3 Å². The van der Waals surface area contributed by atoms with Crippen molar-refractivity contribution in [2.24, 2.45) is 0 Å². The third-order valence-corrected chi connectivity index (χ3v) is 5.30. The van der Waals surface area contributed by atoms with Crippen molar-refractivity contribution < 1.29 is 9.84 Å². The van der Waals surface area contributed by atoms with E-state index in [9.17, 15) is 5.11 Å². The molecule has 24 heavy (non-hydrogen) atoms. The summed E-state index contributed by atoms with van der Waals surface area (Å²) >= 11 is 1.79. The number of aliphatic hydroxyl groups excluding tert-OH is 1. The van der Waals surface area contributed by atoms with E-state index in [1.807, 2.05) is 24.3 Å². The lowest BCUT2D eigenvalue weighted by Gasteiger charge is -2.26. The normalized spacial score (nSPS) is 19.1. The van der Waals surface area contributed by atoms with E-state index in [1.165, 1.54) is 11.3 Å². The average molecular weight is 342 g/mol. The first-order chi connectivity index (χ1) is 11.8. The quantitative estimate of drug-likeness (QED) is 0.838. The van der Waals surface area contributed by atoms with E-state index in [2.05, 4.69) is 28.5 Å². The van der Waals surface area contributed by atoms with Crippen molar-refractivity contribution in [2.75, 3.05) is 19.7 Å². The summed E-state index contributed by atoms with van der Waals surface area (Å²) in [5, 5.41) is 21.1. The molecule has 2 atom stereocenters. The molecule has 1 aromatic carbocycles. The molecule has 2 aromatic rings. The summed E-state index contributed by atoms with van der Waals surface area (Å²) in [5.41, 5.74) is 0.973. The molecule has 1 fully saturated rings. The van der Waals surface area contributed by atoms with Crippen LogP contribution in [0.3, 0.4) is 0 Å². The Morgan fingerprint density at radius 1 is 1.33 bits per heavy atom. The van der Waals surface area contributed by atoms with Gasteiger partial charge in [0.15, 0.2) is 0 Å². The fourth-order valence-corrected chi connectivity index (χ4v) is 4.05. The van der Waals surface area contributed by atoms with E-state index >= 15 is 0 Å². The number of thiophene rings is 1. The first-order valence-corrected chi connectivity index (χ1v) is 9.18. The number of likely N-dealkylation sites (tertiary alicyclic amines) is 1. The van der Waals surface area contributed by atoms with Gasteiger partial charge in [-0.1, -0.05) is 18.2 Å². The zero-order chi connectivity index (χ0) is 16.8. The molecule has 1 N–H and O–H groups in total. The van der Waals surface area contributed by atoms with Gasteiger partial charge in [0.1, 0.15) is 18.5 Å². The maximum absolute atomic E-state index is 10.3. The summed E-state index contributed by atoms with van der Waals surface area (Å²) in [7, 11) is 0. The minimum Gasteiger partial charge on any atom is -0.491 e. The topological polar surface area (TPSA) is 56.5 Å². The fraction of sp³-hybridized carbons (Fsp3) is 0.421. The van der Waals surface area contributed by atoms with Crippen molar-refractivity contribution in [3.05, 3.63) is 52.2 Å². The van der Waals surface area contributed by atoms with Crippen LogP contribution in [0.25, 0.3) is 0 Å². The number of rotatable bonds is 7. The van der Waals surface area contributed by atoms with E-state index in [-0.39, 0.29) is 6.61 Å². The molecule has 0 spiro atoms. The number of β-amino-alcohol motifs (C(OH)–C–C–N with tert-alkyl or cyclic N) is 1. The van der Waals surface area contributed by atoms with Crippen LogP contribution in [0.1, 0.15) is 29.3 Å². The minimum absolute atomic E-state index is 0.283. The number of hydrogen-bond acceptors (Lipinski definition) is 5. The second kappa shape index (κ2) is 8.29. The first kappa shape index (κ1) is 17.0. The Hall–Kier alpha value is -1.87. The molecule has 1 saturated heterocycles. The monoisotopic (exact) mass is 342 g/mol. The molecular weight excluding hydrogens is 320 g/mol. The van der Waals surface area contributed by atoms with Crippen molar-refractivity contribution in [2.45, 2.75) is 31.4 Å². The molecule has 2 heterocycles. The van der Waals surface area contributed by atoms with Crippen molar-refractivity contribution in [1.29, 1.82) is 5.26 Å². The predicted octanol–water partition coefficient (Wildman–Crippen LogP) is 3.39. The number of nitriles is 1. The molecule has 4 nitrogen and oxygen atoms in total. The smallest absolute Gasteiger partial charge is 0.119 e. The molecule has 0 radical (unpaired) electrons. The maximum Gasteiger partial charge on any atom is 0.119 e. The number of hydrogen-bond donors (Lipinski definition) is 1. The minimum atomic E-state index is -0.510. The average Bonchev–Trinajstić information content (AvgIpc) is 3.25. The van der Waals surface area contributed by atoms with Crippen LogP contribution in [0, 0.1) is 11.3 Å². The zero-order valence-electron chi connectivity index (χ0n) is 13.6. The number of nitrogens with zero attached hydrogens (tertiary/aromatic N) is 2. The molecule has 5 heteroatoms. The van der Waals surface area contributed by atoms with Crippen LogP contribution in [0.15, 0.2) is 41.8 Å². The summed E-state index contributed by atoms with van der Waals surface area (Å²) < 4.78 is 5.68. The van der Waals surface area contributed by atoms with Gasteiger partial charge in [0.05, 0.1) is 12.5 Å². The molecule has 0 amide bonds. The van der Waals surface area contributed by atoms with Crippen LogP contribution in [0.2, 0.25) is 0 Å². The largest absolute Gasteiger partial charge is 0.491 e. The third kappa shape index (κ3) is 4.35. The van der Waals surface area contributed by atoms with E-state index in [1.54, 1.807) is 11.3 Å². The highest BCUT2D eigenvalue weighted by molar-refractivity contribution is 7.10. The Morgan fingerprint density at radius 2 is 2.17 bits per heavy atom. The summed E-state index contributed by atoms with van der Waals surface area (Å²) in [6, 6.07) is 14.3. The zero-order valence-corrected chi connectivity index (χ0v) is 14.4. The van der Waals surface area contributed by atoms with E-state index < -0.39 is 6.10 Å². The SMILES string of the molecule is N#CCc1ccc(OC[C@@H](O)CN2CCC[C@@H]2c2cccs2)cc1. The van der Waals surface area contributed by atoms with Gasteiger partial charge in [-0.05, 0) is 48.5 Å². The highest BCUT2D eigenvalue weighted by Crippen LogP contribution is 2.34. The van der Waals surface area contributed by atoms with Crippen LogP contribution in [0.4, 0.5) is 0 Å². The lowest BCUT2D eigenvalue weighted by molar-refractivity contribution is 0.0643. The van der Waals surface area contributed by atoms with Gasteiger partial charge >= 0.3 is 0 Å². The van der Waals surface area contributed by atoms with E-state index in [0.29, 0.717) is 19.0 Å². The van der Waals surface area contributed by atoms with Crippen LogP contribution in [-0.4, -0.2) is 35.8 Å². The molecular formula is C19H22N2O2S. The van der Waals surface area contributed by atoms with Crippen LogP contribution >= 0.6 is 11.3 Å². The van der Waals surface area contributed by atoms with Crippen molar-refractivity contribution in [1.82, 2.24) is 4.90 Å². The summed E-state index contributed by atoms with van der Waals surface area (Å²) in [5.74, 6) is 0.729. The summed E-state index contributed by atoms with van der Waals surface area (Å²) in [6.07, 6.45) is 2.23. The van der Waals surface area contributed by atoms with Gasteiger partial charge in [0.2, 0.25) is 0 Å². The lowest BCUT2D eigenvalue weighted by Crippen LogP contribution is -2.35. The van der Waals surface area contributed by atoms with Gasteiger partial charge in [0, 0.05) is 17.5 Å². The molecule has 1 aliphatic heterocycles. The Labute approximate surface area is 146 Å². The van der Waals surface area contributed by atoms with Crippen molar-refractivity contribution in [3.8, 4) is 11.8 Å². The number of aliphatic hydroxyl groups is 1. The van der Waals surface area contributed by atoms with Crippen LogP contribution in [-0.2, 0) is 6.42 Å². The van der Waals surface area contributed by atoms with Crippen LogP contribution in [0.5, 0.6) is 5.75 Å². The lowest BCUT2D eigenvalue weighted by atomic mass is 10.1. The Kier molecular flexibility index (Phi) is 5.86. The molecule has 1 aromatic heterocycles. The van der Waals surface area contributed by atoms with Gasteiger partial charge < -0.3 is 9.84 Å². The molecule has 0 saturated carbocycles. The molecule has 0 unspecified atom stereocenters.